The molecule has 0 aromatic carbocycles. The molecule has 3 nitrogen and oxygen atoms in total. The first-order chi connectivity index (χ1) is 9.00. The molecule has 1 aliphatic heterocycles. The maximum atomic E-state index is 12.8. The zero-order valence-corrected chi connectivity index (χ0v) is 10.9. The molecule has 0 aliphatic carbocycles. The second kappa shape index (κ2) is 5.77. The fraction of sp³-hybridized carbons (Fsp3) is 0.615. The fourth-order valence-electron chi connectivity index (χ4n) is 2.40. The highest BCUT2D eigenvalue weighted by atomic mass is 19.4. The number of pyridine rings is 1. The molecule has 19 heavy (non-hydrogen) atoms. The molecule has 1 saturated heterocycles. The average Bonchev–Trinajstić information content (AvgIpc) is 2.39. The summed E-state index contributed by atoms with van der Waals surface area (Å²) in [5.74, 6) is -0.599. The molecule has 106 valence electrons. The summed E-state index contributed by atoms with van der Waals surface area (Å²) in [6.07, 6.45) is -1.68. The average molecular weight is 273 g/mol. The van der Waals surface area contributed by atoms with Crippen molar-refractivity contribution >= 4 is 5.82 Å². The van der Waals surface area contributed by atoms with Crippen molar-refractivity contribution in [2.75, 3.05) is 25.0 Å². The van der Waals surface area contributed by atoms with Gasteiger partial charge >= 0.3 is 6.18 Å². The van der Waals surface area contributed by atoms with Crippen LogP contribution in [0.2, 0.25) is 0 Å². The fourth-order valence-corrected chi connectivity index (χ4v) is 2.40. The van der Waals surface area contributed by atoms with Crippen molar-refractivity contribution in [3.05, 3.63) is 23.9 Å². The van der Waals surface area contributed by atoms with Crippen LogP contribution in [-0.2, 0) is 6.54 Å². The minimum Gasteiger partial charge on any atom is -0.356 e. The van der Waals surface area contributed by atoms with E-state index >= 15 is 0 Å². The zero-order chi connectivity index (χ0) is 13.9. The van der Waals surface area contributed by atoms with Crippen molar-refractivity contribution in [1.82, 2.24) is 10.3 Å². The van der Waals surface area contributed by atoms with Gasteiger partial charge in [-0.15, -0.1) is 0 Å². The number of nitrogens with zero attached hydrogens (tertiary/aromatic N) is 2. The van der Waals surface area contributed by atoms with Crippen LogP contribution in [0.15, 0.2) is 18.3 Å². The summed E-state index contributed by atoms with van der Waals surface area (Å²) in [6, 6.07) is 3.72. The molecular formula is C13H18F3N3. The largest absolute Gasteiger partial charge is 0.393 e. The van der Waals surface area contributed by atoms with Gasteiger partial charge in [0, 0.05) is 25.8 Å². The number of nitrogens with one attached hydrogen (secondary N) is 1. The molecule has 0 spiro atoms. The summed E-state index contributed by atoms with van der Waals surface area (Å²) >= 11 is 0. The molecule has 0 bridgehead atoms. The maximum Gasteiger partial charge on any atom is 0.393 e. The van der Waals surface area contributed by atoms with Gasteiger partial charge in [0.15, 0.2) is 0 Å². The Labute approximate surface area is 110 Å². The van der Waals surface area contributed by atoms with Gasteiger partial charge < -0.3 is 10.2 Å². The molecule has 2 heterocycles. The summed E-state index contributed by atoms with van der Waals surface area (Å²) in [5, 5.41) is 3.02. The van der Waals surface area contributed by atoms with Crippen molar-refractivity contribution in [1.29, 1.82) is 0 Å². The molecule has 1 unspecified atom stereocenters. The van der Waals surface area contributed by atoms with E-state index in [0.717, 1.165) is 5.56 Å². The van der Waals surface area contributed by atoms with E-state index in [0.29, 0.717) is 25.3 Å². The van der Waals surface area contributed by atoms with E-state index < -0.39 is 12.1 Å². The Morgan fingerprint density at radius 2 is 2.26 bits per heavy atom. The van der Waals surface area contributed by atoms with Gasteiger partial charge in [0.05, 0.1) is 5.92 Å². The Kier molecular flexibility index (Phi) is 4.29. The van der Waals surface area contributed by atoms with Crippen molar-refractivity contribution in [3.8, 4) is 0 Å². The van der Waals surface area contributed by atoms with E-state index in [1.165, 1.54) is 0 Å². The summed E-state index contributed by atoms with van der Waals surface area (Å²) in [5.41, 5.74) is 1.03. The number of aromatic nitrogens is 1. The molecule has 1 fully saturated rings. The lowest BCUT2D eigenvalue weighted by Gasteiger charge is -2.34. The number of alkyl halides is 3. The van der Waals surface area contributed by atoms with Gasteiger partial charge in [-0.05, 0) is 37.6 Å². The molecule has 6 heteroatoms. The van der Waals surface area contributed by atoms with E-state index in [2.05, 4.69) is 10.3 Å². The van der Waals surface area contributed by atoms with Crippen molar-refractivity contribution in [3.63, 3.8) is 0 Å². The standard InChI is InChI=1S/C13H18F3N3/c1-17-8-10-4-5-18-12(7-10)19-6-2-3-11(9-19)13(14,15)16/h4-5,7,11,17H,2-3,6,8-9H2,1H3. The van der Waals surface area contributed by atoms with Gasteiger partial charge in [0.25, 0.3) is 0 Å². The summed E-state index contributed by atoms with van der Waals surface area (Å²) in [7, 11) is 1.83. The molecule has 0 radical (unpaired) electrons. The SMILES string of the molecule is CNCc1ccnc(N2CCCC(C(F)(F)F)C2)c1. The quantitative estimate of drug-likeness (QED) is 0.917. The van der Waals surface area contributed by atoms with Gasteiger partial charge in [0.2, 0.25) is 0 Å². The van der Waals surface area contributed by atoms with Crippen LogP contribution in [0, 0.1) is 5.92 Å². The third-order valence-corrected chi connectivity index (χ3v) is 3.40. The Balaban J connectivity index is 2.10. The number of hydrogen-bond acceptors (Lipinski definition) is 3. The van der Waals surface area contributed by atoms with Gasteiger partial charge in [-0.3, -0.25) is 0 Å². The number of piperidine rings is 1. The molecule has 2 rings (SSSR count). The van der Waals surface area contributed by atoms with E-state index in [-0.39, 0.29) is 13.0 Å². The van der Waals surface area contributed by atoms with Gasteiger partial charge in [0.1, 0.15) is 5.82 Å². The van der Waals surface area contributed by atoms with Crippen molar-refractivity contribution in [2.45, 2.75) is 25.6 Å². The van der Waals surface area contributed by atoms with Gasteiger partial charge in [-0.2, -0.15) is 13.2 Å². The molecule has 1 atom stereocenters. The van der Waals surface area contributed by atoms with Crippen LogP contribution in [0.4, 0.5) is 19.0 Å². The molecule has 1 aromatic rings. The first kappa shape index (κ1) is 14.1. The second-order valence-electron chi connectivity index (χ2n) is 4.88. The Morgan fingerprint density at radius 1 is 1.47 bits per heavy atom. The van der Waals surface area contributed by atoms with Crippen LogP contribution in [0.3, 0.4) is 0 Å². The van der Waals surface area contributed by atoms with Crippen LogP contribution in [0.1, 0.15) is 18.4 Å². The van der Waals surface area contributed by atoms with Crippen molar-refractivity contribution in [2.24, 2.45) is 5.92 Å². The Bertz CT molecular complexity index is 420. The Hall–Kier alpha value is -1.30. The van der Waals surface area contributed by atoms with Crippen LogP contribution < -0.4 is 10.2 Å². The lowest BCUT2D eigenvalue weighted by Crippen LogP contribution is -2.42. The summed E-state index contributed by atoms with van der Waals surface area (Å²) in [4.78, 5) is 5.93. The van der Waals surface area contributed by atoms with Crippen LogP contribution >= 0.6 is 0 Å². The molecule has 0 amide bonds. The van der Waals surface area contributed by atoms with Crippen molar-refractivity contribution < 1.29 is 13.2 Å². The van der Waals surface area contributed by atoms with Gasteiger partial charge in [-0.25, -0.2) is 4.98 Å². The number of rotatable bonds is 3. The van der Waals surface area contributed by atoms with E-state index in [4.69, 9.17) is 0 Å². The second-order valence-corrected chi connectivity index (χ2v) is 4.88. The normalized spacial score (nSPS) is 20.6. The number of hydrogen-bond donors (Lipinski definition) is 1. The van der Waals surface area contributed by atoms with E-state index in [1.807, 2.05) is 19.2 Å². The first-order valence-corrected chi connectivity index (χ1v) is 6.42. The topological polar surface area (TPSA) is 28.2 Å². The highest BCUT2D eigenvalue weighted by molar-refractivity contribution is 5.41. The lowest BCUT2D eigenvalue weighted by atomic mass is 9.97. The number of halogens is 3. The highest BCUT2D eigenvalue weighted by Gasteiger charge is 2.42. The summed E-state index contributed by atoms with van der Waals surface area (Å²) in [6.45, 7) is 1.34. The minimum atomic E-state index is -4.11. The Morgan fingerprint density at radius 3 is 2.95 bits per heavy atom. The molecule has 1 aliphatic rings. The third kappa shape index (κ3) is 3.59. The van der Waals surface area contributed by atoms with Gasteiger partial charge in [-0.1, -0.05) is 0 Å². The van der Waals surface area contributed by atoms with Crippen LogP contribution in [0.25, 0.3) is 0 Å². The molecule has 0 saturated carbocycles. The number of anilines is 1. The molecule has 1 aromatic heterocycles. The lowest BCUT2D eigenvalue weighted by molar-refractivity contribution is -0.176. The van der Waals surface area contributed by atoms with Crippen LogP contribution in [-0.4, -0.2) is 31.3 Å². The van der Waals surface area contributed by atoms with E-state index in [9.17, 15) is 13.2 Å². The predicted molar refractivity (Wildman–Crippen MR) is 68.0 cm³/mol. The summed E-state index contributed by atoms with van der Waals surface area (Å²) < 4.78 is 38.3. The smallest absolute Gasteiger partial charge is 0.356 e. The molecule has 1 N–H and O–H groups in total. The zero-order valence-electron chi connectivity index (χ0n) is 10.9. The van der Waals surface area contributed by atoms with E-state index in [1.54, 1.807) is 11.1 Å². The first-order valence-electron chi connectivity index (χ1n) is 6.42. The molecular weight excluding hydrogens is 255 g/mol. The third-order valence-electron chi connectivity index (χ3n) is 3.40. The predicted octanol–water partition coefficient (Wildman–Crippen LogP) is 2.58. The minimum absolute atomic E-state index is 0.0134. The van der Waals surface area contributed by atoms with Crippen LogP contribution in [0.5, 0.6) is 0 Å². The highest BCUT2D eigenvalue weighted by Crippen LogP contribution is 2.34. The monoisotopic (exact) mass is 273 g/mol. The maximum absolute atomic E-state index is 12.8.